The first-order chi connectivity index (χ1) is 10.7. The molecule has 9 nitrogen and oxygen atoms in total. The van der Waals surface area contributed by atoms with Crippen LogP contribution in [0.25, 0.3) is 0 Å². The topological polar surface area (TPSA) is 156 Å². The Hall–Kier alpha value is -2.52. The van der Waals surface area contributed by atoms with Gasteiger partial charge in [0.2, 0.25) is 0 Å². The van der Waals surface area contributed by atoms with Crippen molar-refractivity contribution in [1.29, 1.82) is 10.5 Å². The Balaban J connectivity index is 4.81. The standard InChI is InChI=1S/C14H20N4O5/c1-13(9-15,5-3-11(20)21)17-18-14(2,10-16)6-4-12(22)23-8-7-19/h19H,3-8H2,1-2H3,(H,20,21). The number of nitriles is 2. The van der Waals surface area contributed by atoms with E-state index in [1.165, 1.54) is 13.8 Å². The number of esters is 1. The van der Waals surface area contributed by atoms with Crippen molar-refractivity contribution in [1.82, 2.24) is 0 Å². The summed E-state index contributed by atoms with van der Waals surface area (Å²) in [5, 5.41) is 43.2. The van der Waals surface area contributed by atoms with E-state index < -0.39 is 23.0 Å². The molecule has 23 heavy (non-hydrogen) atoms. The Kier molecular flexibility index (Phi) is 8.45. The number of hydrogen-bond donors (Lipinski definition) is 2. The largest absolute Gasteiger partial charge is 0.481 e. The van der Waals surface area contributed by atoms with E-state index in [-0.39, 0.29) is 38.9 Å². The molecule has 0 amide bonds. The van der Waals surface area contributed by atoms with E-state index in [1.807, 2.05) is 12.1 Å². The monoisotopic (exact) mass is 324 g/mol. The van der Waals surface area contributed by atoms with Crippen LogP contribution in [-0.4, -0.2) is 46.4 Å². The summed E-state index contributed by atoms with van der Waals surface area (Å²) >= 11 is 0. The van der Waals surface area contributed by atoms with Crippen molar-refractivity contribution in [3.8, 4) is 12.1 Å². The molecule has 0 aliphatic heterocycles. The molecule has 2 unspecified atom stereocenters. The number of carbonyl (C=O) groups excluding carboxylic acids is 1. The zero-order chi connectivity index (χ0) is 17.9. The van der Waals surface area contributed by atoms with Gasteiger partial charge in [-0.2, -0.15) is 20.8 Å². The van der Waals surface area contributed by atoms with Gasteiger partial charge >= 0.3 is 11.9 Å². The molecule has 0 aromatic rings. The van der Waals surface area contributed by atoms with Crippen molar-refractivity contribution >= 4 is 11.9 Å². The van der Waals surface area contributed by atoms with Gasteiger partial charge in [-0.25, -0.2) is 0 Å². The fraction of sp³-hybridized carbons (Fsp3) is 0.714. The van der Waals surface area contributed by atoms with Crippen molar-refractivity contribution < 1.29 is 24.5 Å². The molecule has 0 aliphatic carbocycles. The molecule has 2 atom stereocenters. The Bertz CT molecular complexity index is 536. The quantitative estimate of drug-likeness (QED) is 0.451. The molecular formula is C14H20N4O5. The molecule has 0 heterocycles. The molecule has 0 rings (SSSR count). The maximum atomic E-state index is 11.4. The van der Waals surface area contributed by atoms with Crippen molar-refractivity contribution in [3.05, 3.63) is 0 Å². The zero-order valence-corrected chi connectivity index (χ0v) is 13.2. The van der Waals surface area contributed by atoms with Gasteiger partial charge in [0, 0.05) is 12.8 Å². The third-order valence-electron chi connectivity index (χ3n) is 2.97. The highest BCUT2D eigenvalue weighted by molar-refractivity contribution is 5.69. The first-order valence-corrected chi connectivity index (χ1v) is 6.95. The molecular weight excluding hydrogens is 304 g/mol. The van der Waals surface area contributed by atoms with Crippen LogP contribution in [0.1, 0.15) is 39.5 Å². The van der Waals surface area contributed by atoms with Crippen LogP contribution in [0.3, 0.4) is 0 Å². The van der Waals surface area contributed by atoms with Gasteiger partial charge in [0.15, 0.2) is 11.1 Å². The summed E-state index contributed by atoms with van der Waals surface area (Å²) in [5.74, 6) is -1.64. The molecule has 0 bridgehead atoms. The van der Waals surface area contributed by atoms with Crippen LogP contribution in [0.15, 0.2) is 10.2 Å². The fourth-order valence-electron chi connectivity index (χ4n) is 1.40. The van der Waals surface area contributed by atoms with Crippen LogP contribution in [-0.2, 0) is 14.3 Å². The van der Waals surface area contributed by atoms with Crippen LogP contribution in [0.4, 0.5) is 0 Å². The second-order valence-electron chi connectivity index (χ2n) is 5.31. The van der Waals surface area contributed by atoms with Crippen molar-refractivity contribution in [3.63, 3.8) is 0 Å². The molecule has 0 saturated carbocycles. The van der Waals surface area contributed by atoms with Gasteiger partial charge in [0.25, 0.3) is 0 Å². The lowest BCUT2D eigenvalue weighted by molar-refractivity contribution is -0.145. The van der Waals surface area contributed by atoms with Crippen LogP contribution in [0.2, 0.25) is 0 Å². The van der Waals surface area contributed by atoms with E-state index in [0.717, 1.165) is 0 Å². The number of carboxylic acid groups (broad SMARTS) is 1. The SMILES string of the molecule is CC(C#N)(CCC(=O)O)N=NC(C)(C#N)CCC(=O)OCCO. The molecule has 2 N–H and O–H groups in total. The van der Waals surface area contributed by atoms with E-state index in [0.29, 0.717) is 0 Å². The van der Waals surface area contributed by atoms with Crippen LogP contribution in [0.5, 0.6) is 0 Å². The highest BCUT2D eigenvalue weighted by Crippen LogP contribution is 2.23. The third-order valence-corrected chi connectivity index (χ3v) is 2.97. The molecule has 126 valence electrons. The van der Waals surface area contributed by atoms with Crippen LogP contribution < -0.4 is 0 Å². The number of carbonyl (C=O) groups is 2. The summed E-state index contributed by atoms with van der Waals surface area (Å²) in [6, 6.07) is 3.78. The summed E-state index contributed by atoms with van der Waals surface area (Å²) in [4.78, 5) is 21.9. The lowest BCUT2D eigenvalue weighted by Crippen LogP contribution is -2.25. The first kappa shape index (κ1) is 20.5. The van der Waals surface area contributed by atoms with Gasteiger partial charge in [0.1, 0.15) is 6.61 Å². The Morgan fingerprint density at radius 2 is 1.57 bits per heavy atom. The van der Waals surface area contributed by atoms with E-state index in [1.54, 1.807) is 0 Å². The minimum absolute atomic E-state index is 0.0255. The summed E-state index contributed by atoms with van der Waals surface area (Å²) in [6.45, 7) is 2.47. The number of aliphatic hydroxyl groups is 1. The van der Waals surface area contributed by atoms with E-state index >= 15 is 0 Å². The molecule has 0 aliphatic rings. The summed E-state index contributed by atoms with van der Waals surface area (Å²) < 4.78 is 4.67. The molecule has 0 aromatic heterocycles. The number of hydrogen-bond acceptors (Lipinski definition) is 8. The van der Waals surface area contributed by atoms with Gasteiger partial charge in [-0.05, 0) is 26.7 Å². The number of nitrogens with zero attached hydrogens (tertiary/aromatic N) is 4. The molecule has 0 radical (unpaired) electrons. The molecule has 0 saturated heterocycles. The zero-order valence-electron chi connectivity index (χ0n) is 13.2. The molecule has 0 aromatic carbocycles. The lowest BCUT2D eigenvalue weighted by atomic mass is 9.97. The van der Waals surface area contributed by atoms with Crippen molar-refractivity contribution in [2.24, 2.45) is 10.2 Å². The van der Waals surface area contributed by atoms with Gasteiger partial charge in [-0.3, -0.25) is 9.59 Å². The number of aliphatic carboxylic acids is 1. The van der Waals surface area contributed by atoms with E-state index in [9.17, 15) is 14.9 Å². The minimum atomic E-state index is -1.35. The first-order valence-electron chi connectivity index (χ1n) is 6.95. The highest BCUT2D eigenvalue weighted by Gasteiger charge is 2.29. The second kappa shape index (κ2) is 9.49. The Labute approximate surface area is 134 Å². The summed E-state index contributed by atoms with van der Waals surface area (Å²) in [6.07, 6.45) is -0.360. The predicted octanol–water partition coefficient (Wildman–Crippen LogP) is 1.18. The Morgan fingerprint density at radius 1 is 1.09 bits per heavy atom. The van der Waals surface area contributed by atoms with Gasteiger partial charge < -0.3 is 14.9 Å². The molecule has 9 heteroatoms. The number of aliphatic hydroxyl groups excluding tert-OH is 1. The molecule has 0 spiro atoms. The summed E-state index contributed by atoms with van der Waals surface area (Å²) in [7, 11) is 0. The number of rotatable bonds is 10. The number of ether oxygens (including phenoxy) is 1. The highest BCUT2D eigenvalue weighted by atomic mass is 16.5. The number of azo groups is 1. The lowest BCUT2D eigenvalue weighted by Gasteiger charge is -2.18. The minimum Gasteiger partial charge on any atom is -0.481 e. The van der Waals surface area contributed by atoms with Gasteiger partial charge in [-0.15, -0.1) is 0 Å². The second-order valence-corrected chi connectivity index (χ2v) is 5.31. The van der Waals surface area contributed by atoms with Crippen molar-refractivity contribution in [2.75, 3.05) is 13.2 Å². The summed E-state index contributed by atoms with van der Waals surface area (Å²) in [5.41, 5.74) is -2.69. The maximum absolute atomic E-state index is 11.4. The normalized spacial score (nSPS) is 15.9. The van der Waals surface area contributed by atoms with Gasteiger partial charge in [-0.1, -0.05) is 0 Å². The number of carboxylic acids is 1. The average Bonchev–Trinajstić information content (AvgIpc) is 2.54. The van der Waals surface area contributed by atoms with Crippen LogP contribution in [0, 0.1) is 22.7 Å². The van der Waals surface area contributed by atoms with Crippen molar-refractivity contribution in [2.45, 2.75) is 50.6 Å². The Morgan fingerprint density at radius 3 is 1.96 bits per heavy atom. The van der Waals surface area contributed by atoms with E-state index in [2.05, 4.69) is 15.0 Å². The predicted molar refractivity (Wildman–Crippen MR) is 77.0 cm³/mol. The van der Waals surface area contributed by atoms with E-state index in [4.69, 9.17) is 15.5 Å². The molecule has 0 fully saturated rings. The smallest absolute Gasteiger partial charge is 0.305 e. The van der Waals surface area contributed by atoms with Crippen LogP contribution >= 0.6 is 0 Å². The fourth-order valence-corrected chi connectivity index (χ4v) is 1.40. The maximum Gasteiger partial charge on any atom is 0.305 e. The third kappa shape index (κ3) is 8.49. The van der Waals surface area contributed by atoms with Gasteiger partial charge in [0.05, 0.1) is 18.7 Å². The average molecular weight is 324 g/mol.